The van der Waals surface area contributed by atoms with E-state index in [9.17, 15) is 4.79 Å². The van der Waals surface area contributed by atoms with E-state index >= 15 is 0 Å². The zero-order valence-electron chi connectivity index (χ0n) is 11.8. The first kappa shape index (κ1) is 14.6. The van der Waals surface area contributed by atoms with Gasteiger partial charge < -0.3 is 9.73 Å². The van der Waals surface area contributed by atoms with Gasteiger partial charge in [0.05, 0.1) is 0 Å². The van der Waals surface area contributed by atoms with Crippen molar-refractivity contribution in [3.05, 3.63) is 45.0 Å². The van der Waals surface area contributed by atoms with Crippen molar-refractivity contribution in [3.63, 3.8) is 0 Å². The van der Waals surface area contributed by atoms with Crippen LogP contribution >= 0.6 is 22.9 Å². The molecule has 0 fully saturated rings. The van der Waals surface area contributed by atoms with Gasteiger partial charge in [-0.05, 0) is 54.1 Å². The minimum Gasteiger partial charge on any atom is -0.440 e. The van der Waals surface area contributed by atoms with Crippen molar-refractivity contribution in [1.82, 2.24) is 10.2 Å². The lowest BCUT2D eigenvalue weighted by Crippen LogP contribution is -2.44. The summed E-state index contributed by atoms with van der Waals surface area (Å²) >= 11 is 7.51. The van der Waals surface area contributed by atoms with Crippen LogP contribution in [0.2, 0.25) is 5.22 Å². The highest BCUT2D eigenvalue weighted by molar-refractivity contribution is 7.10. The molecule has 4 nitrogen and oxygen atoms in total. The molecule has 3 rings (SSSR count). The summed E-state index contributed by atoms with van der Waals surface area (Å²) in [6.07, 6.45) is 1.10. The Morgan fingerprint density at radius 1 is 1.52 bits per heavy atom. The van der Waals surface area contributed by atoms with E-state index in [-0.39, 0.29) is 22.9 Å². The van der Waals surface area contributed by atoms with E-state index in [1.807, 2.05) is 11.3 Å². The number of carbonyl (C=O) groups excluding carboxylic acids is 1. The number of halogens is 1. The van der Waals surface area contributed by atoms with E-state index in [4.69, 9.17) is 16.0 Å². The summed E-state index contributed by atoms with van der Waals surface area (Å²) in [6.45, 7) is 4.73. The number of nitrogens with zero attached hydrogens (tertiary/aromatic N) is 1. The summed E-state index contributed by atoms with van der Waals surface area (Å²) in [6, 6.07) is 5.64. The number of thiophene rings is 1. The Bertz CT molecular complexity index is 637. The molecule has 1 amide bonds. The zero-order chi connectivity index (χ0) is 14.8. The number of carbonyl (C=O) groups is 1. The van der Waals surface area contributed by atoms with Crippen molar-refractivity contribution >= 4 is 28.8 Å². The predicted octanol–water partition coefficient (Wildman–Crippen LogP) is 3.17. The molecule has 0 aromatic carbocycles. The third kappa shape index (κ3) is 3.31. The van der Waals surface area contributed by atoms with Crippen molar-refractivity contribution in [2.45, 2.75) is 25.9 Å². The Balaban J connectivity index is 1.53. The zero-order valence-corrected chi connectivity index (χ0v) is 13.3. The number of nitrogens with one attached hydrogen (secondary N) is 1. The lowest BCUT2D eigenvalue weighted by Gasteiger charge is -2.32. The van der Waals surface area contributed by atoms with Crippen molar-refractivity contribution in [1.29, 1.82) is 0 Å². The van der Waals surface area contributed by atoms with Crippen LogP contribution in [0.25, 0.3) is 0 Å². The molecule has 0 radical (unpaired) electrons. The molecular formula is C15H17ClN2O2S. The molecule has 2 aromatic heterocycles. The SMILES string of the molecule is C[C@H](CNC(=O)c1ccc(Cl)o1)N1CCc2sccc2C1. The molecule has 21 heavy (non-hydrogen) atoms. The second-order valence-corrected chi connectivity index (χ2v) is 6.63. The van der Waals surface area contributed by atoms with E-state index in [0.717, 1.165) is 19.5 Å². The normalized spacial score (nSPS) is 16.5. The van der Waals surface area contributed by atoms with Gasteiger partial charge in [-0.25, -0.2) is 0 Å². The molecule has 1 aliphatic heterocycles. The average molecular weight is 325 g/mol. The highest BCUT2D eigenvalue weighted by atomic mass is 35.5. The van der Waals surface area contributed by atoms with Crippen LogP contribution in [0.3, 0.4) is 0 Å². The van der Waals surface area contributed by atoms with Gasteiger partial charge in [0.2, 0.25) is 0 Å². The van der Waals surface area contributed by atoms with Crippen LogP contribution in [-0.4, -0.2) is 29.9 Å². The maximum Gasteiger partial charge on any atom is 0.287 e. The van der Waals surface area contributed by atoms with Gasteiger partial charge in [-0.1, -0.05) is 0 Å². The highest BCUT2D eigenvalue weighted by Gasteiger charge is 2.22. The second kappa shape index (κ2) is 6.22. The summed E-state index contributed by atoms with van der Waals surface area (Å²) in [7, 11) is 0. The van der Waals surface area contributed by atoms with Crippen LogP contribution in [-0.2, 0) is 13.0 Å². The van der Waals surface area contributed by atoms with Gasteiger partial charge in [0.1, 0.15) is 0 Å². The van der Waals surface area contributed by atoms with Gasteiger partial charge in [0.25, 0.3) is 5.91 Å². The molecule has 0 unspecified atom stereocenters. The lowest BCUT2D eigenvalue weighted by molar-refractivity contribution is 0.0905. The van der Waals surface area contributed by atoms with E-state index in [1.54, 1.807) is 12.1 Å². The predicted molar refractivity (Wildman–Crippen MR) is 83.9 cm³/mol. The summed E-state index contributed by atoms with van der Waals surface area (Å²) < 4.78 is 5.10. The summed E-state index contributed by atoms with van der Waals surface area (Å²) in [5.74, 6) is 0.0351. The van der Waals surface area contributed by atoms with Gasteiger partial charge in [-0.3, -0.25) is 9.69 Å². The van der Waals surface area contributed by atoms with Gasteiger partial charge >= 0.3 is 0 Å². The largest absolute Gasteiger partial charge is 0.440 e. The standard InChI is InChI=1S/C15H17ClN2O2S/c1-10(8-17-15(19)12-2-3-14(16)20-12)18-6-4-13-11(9-18)5-7-21-13/h2-3,5,7,10H,4,6,8-9H2,1H3,(H,17,19)/t10-/m1/s1. The summed E-state index contributed by atoms with van der Waals surface area (Å²) in [4.78, 5) is 15.8. The van der Waals surface area contributed by atoms with E-state index in [0.29, 0.717) is 6.54 Å². The van der Waals surface area contributed by atoms with Crippen LogP contribution in [0.4, 0.5) is 0 Å². The topological polar surface area (TPSA) is 45.5 Å². The van der Waals surface area contributed by atoms with E-state index in [2.05, 4.69) is 28.6 Å². The first-order valence-corrected chi connectivity index (χ1v) is 8.22. The van der Waals surface area contributed by atoms with Crippen LogP contribution in [0.1, 0.15) is 27.9 Å². The number of furan rings is 1. The molecule has 1 aliphatic rings. The number of hydrogen-bond acceptors (Lipinski definition) is 4. The smallest absolute Gasteiger partial charge is 0.287 e. The van der Waals surface area contributed by atoms with Gasteiger partial charge in [0, 0.05) is 30.6 Å². The minimum atomic E-state index is -0.220. The fraction of sp³-hybridized carbons (Fsp3) is 0.400. The quantitative estimate of drug-likeness (QED) is 0.939. The van der Waals surface area contributed by atoms with Crippen LogP contribution in [0.15, 0.2) is 28.0 Å². The fourth-order valence-corrected chi connectivity index (χ4v) is 3.58. The van der Waals surface area contributed by atoms with Gasteiger partial charge in [-0.15, -0.1) is 11.3 Å². The molecule has 112 valence electrons. The molecule has 0 bridgehead atoms. The van der Waals surface area contributed by atoms with Gasteiger partial charge in [-0.2, -0.15) is 0 Å². The van der Waals surface area contributed by atoms with Crippen LogP contribution in [0, 0.1) is 0 Å². The van der Waals surface area contributed by atoms with E-state index in [1.165, 1.54) is 10.4 Å². The number of rotatable bonds is 4. The Labute approximate surface area is 132 Å². The second-order valence-electron chi connectivity index (χ2n) is 5.25. The van der Waals surface area contributed by atoms with Crippen molar-refractivity contribution in [2.75, 3.05) is 13.1 Å². The molecule has 2 aromatic rings. The third-order valence-electron chi connectivity index (χ3n) is 3.82. The molecule has 0 aliphatic carbocycles. The Morgan fingerprint density at radius 3 is 3.14 bits per heavy atom. The monoisotopic (exact) mass is 324 g/mol. The molecular weight excluding hydrogens is 308 g/mol. The molecule has 0 saturated carbocycles. The first-order chi connectivity index (χ1) is 10.1. The van der Waals surface area contributed by atoms with Gasteiger partial charge in [0.15, 0.2) is 11.0 Å². The third-order valence-corrected chi connectivity index (χ3v) is 5.04. The van der Waals surface area contributed by atoms with Crippen molar-refractivity contribution in [2.24, 2.45) is 0 Å². The number of hydrogen-bond donors (Lipinski definition) is 1. The molecule has 0 spiro atoms. The number of fused-ring (bicyclic) bond motifs is 1. The average Bonchev–Trinajstić information content (AvgIpc) is 3.12. The Morgan fingerprint density at radius 2 is 2.38 bits per heavy atom. The lowest BCUT2D eigenvalue weighted by atomic mass is 10.1. The minimum absolute atomic E-state index is 0.220. The summed E-state index contributed by atoms with van der Waals surface area (Å²) in [5.41, 5.74) is 1.42. The van der Waals surface area contributed by atoms with E-state index < -0.39 is 0 Å². The summed E-state index contributed by atoms with van der Waals surface area (Å²) in [5, 5.41) is 5.28. The molecule has 1 atom stereocenters. The molecule has 1 N–H and O–H groups in total. The van der Waals surface area contributed by atoms with Crippen LogP contribution in [0.5, 0.6) is 0 Å². The number of amides is 1. The fourth-order valence-electron chi connectivity index (χ4n) is 2.54. The van der Waals surface area contributed by atoms with Crippen LogP contribution < -0.4 is 5.32 Å². The molecule has 6 heteroatoms. The maximum absolute atomic E-state index is 11.9. The Kier molecular flexibility index (Phi) is 4.33. The first-order valence-electron chi connectivity index (χ1n) is 6.96. The van der Waals surface area contributed by atoms with Crippen molar-refractivity contribution < 1.29 is 9.21 Å². The highest BCUT2D eigenvalue weighted by Crippen LogP contribution is 2.25. The molecule has 0 saturated heterocycles. The maximum atomic E-state index is 11.9. The molecule has 3 heterocycles. The van der Waals surface area contributed by atoms with Crippen molar-refractivity contribution in [3.8, 4) is 0 Å². The Hall–Kier alpha value is -1.30.